The molecule has 0 atom stereocenters. The molecule has 4 aromatic rings. The summed E-state index contributed by atoms with van der Waals surface area (Å²) in [5.74, 6) is 0.721. The molecule has 0 radical (unpaired) electrons. The number of aromatic nitrogens is 5. The summed E-state index contributed by atoms with van der Waals surface area (Å²) in [6.07, 6.45) is 6.15. The average molecular weight is 434 g/mol. The highest BCUT2D eigenvalue weighted by Crippen LogP contribution is 2.36. The van der Waals surface area contributed by atoms with E-state index in [0.29, 0.717) is 40.0 Å². The summed E-state index contributed by atoms with van der Waals surface area (Å²) < 4.78 is 1.68. The Bertz CT molecular complexity index is 1310. The molecule has 1 aromatic carbocycles. The molecule has 0 bridgehead atoms. The highest BCUT2D eigenvalue weighted by atomic mass is 35.5. The summed E-state index contributed by atoms with van der Waals surface area (Å²) >= 11 is 6.51. The molecule has 0 spiro atoms. The van der Waals surface area contributed by atoms with Crippen LogP contribution in [0.3, 0.4) is 0 Å². The second-order valence-corrected chi connectivity index (χ2v) is 8.17. The number of aryl methyl sites for hydroxylation is 1. The Balaban J connectivity index is 1.65. The van der Waals surface area contributed by atoms with E-state index in [0.717, 1.165) is 23.8 Å². The van der Waals surface area contributed by atoms with Crippen molar-refractivity contribution < 1.29 is 4.79 Å². The van der Waals surface area contributed by atoms with Gasteiger partial charge in [-0.25, -0.2) is 9.97 Å². The average Bonchev–Trinajstić information content (AvgIpc) is 3.45. The number of rotatable bonds is 5. The molecule has 5 rings (SSSR count). The van der Waals surface area contributed by atoms with Crippen molar-refractivity contribution in [3.05, 3.63) is 47.7 Å². The van der Waals surface area contributed by atoms with E-state index in [1.807, 2.05) is 37.5 Å². The molecule has 3 aromatic heterocycles. The number of benzene rings is 1. The molecule has 1 aliphatic carbocycles. The first-order chi connectivity index (χ1) is 15.0. The van der Waals surface area contributed by atoms with Crippen molar-refractivity contribution >= 4 is 40.0 Å². The number of anilines is 2. The van der Waals surface area contributed by atoms with Crippen LogP contribution >= 0.6 is 11.6 Å². The van der Waals surface area contributed by atoms with Crippen molar-refractivity contribution in [3.8, 4) is 22.6 Å². The smallest absolute Gasteiger partial charge is 0.225 e. The molecule has 3 heterocycles. The Hall–Kier alpha value is -3.52. The molecule has 8 nitrogen and oxygen atoms in total. The summed E-state index contributed by atoms with van der Waals surface area (Å²) in [5, 5.41) is 8.64. The zero-order valence-corrected chi connectivity index (χ0v) is 17.6. The maximum Gasteiger partial charge on any atom is 0.225 e. The van der Waals surface area contributed by atoms with Gasteiger partial charge < -0.3 is 11.1 Å². The van der Waals surface area contributed by atoms with Gasteiger partial charge in [-0.2, -0.15) is 5.10 Å². The van der Waals surface area contributed by atoms with Gasteiger partial charge in [0.25, 0.3) is 0 Å². The van der Waals surface area contributed by atoms with Crippen LogP contribution in [-0.4, -0.2) is 30.6 Å². The van der Waals surface area contributed by atoms with E-state index in [9.17, 15) is 4.79 Å². The Morgan fingerprint density at radius 3 is 2.84 bits per heavy atom. The van der Waals surface area contributed by atoms with Gasteiger partial charge in [-0.1, -0.05) is 17.7 Å². The minimum absolute atomic E-state index is 0.110. The summed E-state index contributed by atoms with van der Waals surface area (Å²) in [6.45, 7) is 0. The zero-order chi connectivity index (χ0) is 21.5. The van der Waals surface area contributed by atoms with Crippen LogP contribution in [0.15, 0.2) is 42.7 Å². The van der Waals surface area contributed by atoms with Crippen LogP contribution < -0.4 is 11.1 Å². The third-order valence-corrected chi connectivity index (χ3v) is 5.53. The van der Waals surface area contributed by atoms with E-state index < -0.39 is 0 Å². The zero-order valence-electron chi connectivity index (χ0n) is 16.8. The van der Waals surface area contributed by atoms with Crippen molar-refractivity contribution in [1.29, 1.82) is 0 Å². The Kier molecular flexibility index (Phi) is 4.78. The van der Waals surface area contributed by atoms with Gasteiger partial charge in [-0.3, -0.25) is 14.5 Å². The van der Waals surface area contributed by atoms with E-state index in [2.05, 4.69) is 20.4 Å². The number of hydrogen-bond donors (Lipinski definition) is 2. The number of hydrogen-bond acceptors (Lipinski definition) is 6. The van der Waals surface area contributed by atoms with Gasteiger partial charge in [-0.15, -0.1) is 0 Å². The Morgan fingerprint density at radius 2 is 2.10 bits per heavy atom. The number of pyridine rings is 1. The fraction of sp³-hybridized carbons (Fsp3) is 0.227. The second-order valence-electron chi connectivity index (χ2n) is 7.76. The van der Waals surface area contributed by atoms with Gasteiger partial charge in [0.05, 0.1) is 10.5 Å². The predicted octanol–water partition coefficient (Wildman–Crippen LogP) is 4.07. The van der Waals surface area contributed by atoms with Crippen LogP contribution in [0.2, 0.25) is 5.02 Å². The van der Waals surface area contributed by atoms with Crippen molar-refractivity contribution in [2.75, 3.05) is 11.1 Å². The summed E-state index contributed by atoms with van der Waals surface area (Å²) in [7, 11) is 1.82. The van der Waals surface area contributed by atoms with Gasteiger partial charge in [-0.05, 0) is 43.0 Å². The molecular formula is C22H20ClN7O. The monoisotopic (exact) mass is 433 g/mol. The lowest BCUT2D eigenvalue weighted by Gasteiger charge is -2.13. The molecule has 31 heavy (non-hydrogen) atoms. The molecule has 0 aliphatic heterocycles. The van der Waals surface area contributed by atoms with Crippen LogP contribution in [0.4, 0.5) is 11.6 Å². The molecule has 1 saturated carbocycles. The Morgan fingerprint density at radius 1 is 1.26 bits per heavy atom. The highest BCUT2D eigenvalue weighted by Gasteiger charge is 2.25. The van der Waals surface area contributed by atoms with Crippen molar-refractivity contribution in [1.82, 2.24) is 24.7 Å². The molecule has 3 N–H and O–H groups in total. The van der Waals surface area contributed by atoms with Crippen molar-refractivity contribution in [2.45, 2.75) is 19.3 Å². The number of amides is 1. The topological polar surface area (TPSA) is 112 Å². The maximum absolute atomic E-state index is 12.4. The second kappa shape index (κ2) is 7.63. The summed E-state index contributed by atoms with van der Waals surface area (Å²) in [5.41, 5.74) is 9.27. The molecule has 156 valence electrons. The number of halogens is 1. The predicted molar refractivity (Wildman–Crippen MR) is 120 cm³/mol. The standard InChI is InChI=1S/C22H20ClN7O/c1-30-8-6-16(29-30)20-19(14-10-13-3-2-7-25-18(13)15(23)11-14)28-22(21(24)27-20)26-17(31)9-12-4-5-12/h2-3,6-8,10-12H,4-5,9H2,1H3,(H2,24,27)(H,26,28,31). The number of nitrogens with two attached hydrogens (primary N) is 1. The normalized spacial score (nSPS) is 13.5. The molecule has 1 amide bonds. The van der Waals surface area contributed by atoms with Gasteiger partial charge in [0.1, 0.15) is 17.1 Å². The number of nitrogens with one attached hydrogen (secondary N) is 1. The molecule has 1 fully saturated rings. The quantitative estimate of drug-likeness (QED) is 0.490. The first-order valence-corrected chi connectivity index (χ1v) is 10.4. The van der Waals surface area contributed by atoms with Gasteiger partial charge in [0.2, 0.25) is 5.91 Å². The lowest BCUT2D eigenvalue weighted by Crippen LogP contribution is -2.16. The number of carbonyl (C=O) groups is 1. The van der Waals surface area contributed by atoms with Crippen molar-refractivity contribution in [2.24, 2.45) is 13.0 Å². The first kappa shape index (κ1) is 19.4. The van der Waals surface area contributed by atoms with E-state index >= 15 is 0 Å². The highest BCUT2D eigenvalue weighted by molar-refractivity contribution is 6.35. The van der Waals surface area contributed by atoms with E-state index in [-0.39, 0.29) is 17.5 Å². The first-order valence-electron chi connectivity index (χ1n) is 10.00. The van der Waals surface area contributed by atoms with Crippen LogP contribution in [0.1, 0.15) is 19.3 Å². The SMILES string of the molecule is Cn1ccc(-c2nc(N)c(NC(=O)CC3CC3)nc2-c2cc(Cl)c3ncccc3c2)n1. The third-order valence-electron chi connectivity index (χ3n) is 5.24. The lowest BCUT2D eigenvalue weighted by molar-refractivity contribution is -0.116. The largest absolute Gasteiger partial charge is 0.381 e. The van der Waals surface area contributed by atoms with Gasteiger partial charge in [0.15, 0.2) is 11.6 Å². The van der Waals surface area contributed by atoms with E-state index in [1.54, 1.807) is 16.9 Å². The third kappa shape index (κ3) is 3.94. The number of fused-ring (bicyclic) bond motifs is 1. The van der Waals surface area contributed by atoms with Crippen molar-refractivity contribution in [3.63, 3.8) is 0 Å². The minimum Gasteiger partial charge on any atom is -0.381 e. The summed E-state index contributed by atoms with van der Waals surface area (Å²) in [6, 6.07) is 9.35. The fourth-order valence-electron chi connectivity index (χ4n) is 3.51. The number of nitrogens with zero attached hydrogens (tertiary/aromatic N) is 5. The minimum atomic E-state index is -0.110. The lowest BCUT2D eigenvalue weighted by atomic mass is 10.0. The molecule has 0 unspecified atom stereocenters. The van der Waals surface area contributed by atoms with Gasteiger partial charge >= 0.3 is 0 Å². The molecule has 0 saturated heterocycles. The maximum atomic E-state index is 12.4. The number of carbonyl (C=O) groups excluding carboxylic acids is 1. The Labute approximate surface area is 183 Å². The van der Waals surface area contributed by atoms with E-state index in [4.69, 9.17) is 22.3 Å². The van der Waals surface area contributed by atoms with Crippen LogP contribution in [-0.2, 0) is 11.8 Å². The van der Waals surface area contributed by atoms with Crippen LogP contribution in [0, 0.1) is 5.92 Å². The fourth-order valence-corrected chi connectivity index (χ4v) is 3.79. The van der Waals surface area contributed by atoms with Crippen LogP contribution in [0.5, 0.6) is 0 Å². The van der Waals surface area contributed by atoms with E-state index in [1.165, 1.54) is 0 Å². The summed E-state index contributed by atoms with van der Waals surface area (Å²) in [4.78, 5) is 26.0. The number of nitrogen functional groups attached to an aromatic ring is 1. The van der Waals surface area contributed by atoms with Gasteiger partial charge in [0, 0.05) is 36.8 Å². The molecular weight excluding hydrogens is 414 g/mol. The molecule has 1 aliphatic rings. The van der Waals surface area contributed by atoms with Crippen LogP contribution in [0.25, 0.3) is 33.5 Å². The molecule has 9 heteroatoms.